The van der Waals surface area contributed by atoms with Gasteiger partial charge in [0.15, 0.2) is 5.78 Å². The number of nitrogens with one attached hydrogen (secondary N) is 2. The highest BCUT2D eigenvalue weighted by molar-refractivity contribution is 7.12. The summed E-state index contributed by atoms with van der Waals surface area (Å²) in [5, 5.41) is 5.69. The minimum atomic E-state index is -0.817. The predicted molar refractivity (Wildman–Crippen MR) is 131 cm³/mol. The summed E-state index contributed by atoms with van der Waals surface area (Å²) in [6.07, 6.45) is -0.0961. The van der Waals surface area contributed by atoms with Crippen molar-refractivity contribution in [2.24, 2.45) is 0 Å². The molecule has 4 rings (SSSR count). The van der Waals surface area contributed by atoms with Crippen LogP contribution in [0.2, 0.25) is 0 Å². The number of anilines is 3. The molecule has 8 heteroatoms. The molecule has 2 heterocycles. The van der Waals surface area contributed by atoms with Gasteiger partial charge in [-0.1, -0.05) is 12.1 Å². The first kappa shape index (κ1) is 22.5. The first-order valence-corrected chi connectivity index (χ1v) is 11.4. The summed E-state index contributed by atoms with van der Waals surface area (Å²) in [5.74, 6) is -0.0360. The minimum Gasteiger partial charge on any atom is -0.497 e. The number of amides is 2. The van der Waals surface area contributed by atoms with Crippen LogP contribution >= 0.6 is 11.3 Å². The van der Waals surface area contributed by atoms with Gasteiger partial charge >= 0.3 is 0 Å². The number of carbonyl (C=O) groups is 3. The van der Waals surface area contributed by atoms with E-state index in [9.17, 15) is 14.4 Å². The van der Waals surface area contributed by atoms with Gasteiger partial charge in [0.2, 0.25) is 11.8 Å². The molecule has 0 bridgehead atoms. The molecule has 0 saturated carbocycles. The van der Waals surface area contributed by atoms with Crippen LogP contribution in [0, 0.1) is 13.8 Å². The molecule has 1 atom stereocenters. The van der Waals surface area contributed by atoms with Gasteiger partial charge in [0.1, 0.15) is 11.8 Å². The highest BCUT2D eigenvalue weighted by Gasteiger charge is 2.36. The number of hydrogen-bond donors (Lipinski definition) is 2. The fourth-order valence-corrected chi connectivity index (χ4v) is 4.91. The van der Waals surface area contributed by atoms with E-state index in [2.05, 4.69) is 10.6 Å². The van der Waals surface area contributed by atoms with Crippen LogP contribution in [0.4, 0.5) is 17.1 Å². The van der Waals surface area contributed by atoms with Crippen LogP contribution in [-0.4, -0.2) is 37.3 Å². The molecule has 1 aliphatic rings. The summed E-state index contributed by atoms with van der Waals surface area (Å²) in [4.78, 5) is 42.7. The maximum atomic E-state index is 13.2. The third kappa shape index (κ3) is 4.90. The average molecular weight is 464 g/mol. The smallest absolute Gasteiger partial charge is 0.247 e. The first-order valence-electron chi connectivity index (χ1n) is 10.6. The monoisotopic (exact) mass is 463 g/mol. The number of ketones is 1. The van der Waals surface area contributed by atoms with Crippen molar-refractivity contribution in [3.05, 3.63) is 69.9 Å². The van der Waals surface area contributed by atoms with E-state index in [1.54, 1.807) is 53.7 Å². The second kappa shape index (κ2) is 9.46. The third-order valence-corrected chi connectivity index (χ3v) is 6.52. The van der Waals surface area contributed by atoms with Crippen molar-refractivity contribution in [3.63, 3.8) is 0 Å². The van der Waals surface area contributed by atoms with Crippen LogP contribution in [0.15, 0.2) is 54.6 Å². The number of Topliss-reactive ketones (excluding diaryl/α,β-unsaturated/α-hetero) is 1. The van der Waals surface area contributed by atoms with Gasteiger partial charge in [0, 0.05) is 21.0 Å². The van der Waals surface area contributed by atoms with Gasteiger partial charge in [0.25, 0.3) is 0 Å². The zero-order valence-corrected chi connectivity index (χ0v) is 19.5. The van der Waals surface area contributed by atoms with Crippen molar-refractivity contribution in [2.45, 2.75) is 26.3 Å². The van der Waals surface area contributed by atoms with E-state index in [1.165, 1.54) is 0 Å². The maximum absolute atomic E-state index is 13.2. The SMILES string of the molecule is COc1ccc(NC(=O)C[C@@H]2C(=O)Nc3ccccc3N2CC(=O)c2cc(C)sc2C)cc1. The molecule has 3 aromatic rings. The number of nitrogens with zero attached hydrogens (tertiary/aromatic N) is 1. The van der Waals surface area contributed by atoms with Crippen LogP contribution in [-0.2, 0) is 9.59 Å². The van der Waals surface area contributed by atoms with Crippen LogP contribution < -0.4 is 20.3 Å². The Morgan fingerprint density at radius 2 is 1.85 bits per heavy atom. The summed E-state index contributed by atoms with van der Waals surface area (Å²) in [5.41, 5.74) is 2.60. The second-order valence-corrected chi connectivity index (χ2v) is 9.34. The Hall–Kier alpha value is -3.65. The zero-order chi connectivity index (χ0) is 23.5. The van der Waals surface area contributed by atoms with Gasteiger partial charge in [-0.25, -0.2) is 0 Å². The normalized spacial score (nSPS) is 14.9. The fraction of sp³-hybridized carbons (Fsp3) is 0.240. The van der Waals surface area contributed by atoms with Crippen molar-refractivity contribution in [2.75, 3.05) is 29.2 Å². The fourth-order valence-electron chi connectivity index (χ4n) is 3.96. The molecule has 1 aliphatic heterocycles. The summed E-state index contributed by atoms with van der Waals surface area (Å²) >= 11 is 1.57. The van der Waals surface area contributed by atoms with Crippen molar-refractivity contribution in [1.82, 2.24) is 0 Å². The summed E-state index contributed by atoms with van der Waals surface area (Å²) in [6.45, 7) is 3.88. The number of carbonyl (C=O) groups excluding carboxylic acids is 3. The number of ether oxygens (including phenoxy) is 1. The third-order valence-electron chi connectivity index (χ3n) is 5.56. The number of fused-ring (bicyclic) bond motifs is 1. The maximum Gasteiger partial charge on any atom is 0.247 e. The Labute approximate surface area is 196 Å². The molecular weight excluding hydrogens is 438 g/mol. The number of methoxy groups -OCH3 is 1. The number of hydrogen-bond acceptors (Lipinski definition) is 6. The molecule has 7 nitrogen and oxygen atoms in total. The van der Waals surface area contributed by atoms with Crippen molar-refractivity contribution < 1.29 is 19.1 Å². The number of benzene rings is 2. The summed E-state index contributed by atoms with van der Waals surface area (Å²) in [7, 11) is 1.57. The Balaban J connectivity index is 1.57. The summed E-state index contributed by atoms with van der Waals surface area (Å²) in [6, 6.07) is 15.3. The molecule has 2 aromatic carbocycles. The Morgan fingerprint density at radius 1 is 1.12 bits per heavy atom. The molecule has 33 heavy (non-hydrogen) atoms. The minimum absolute atomic E-state index is 0.00191. The van der Waals surface area contributed by atoms with E-state index < -0.39 is 6.04 Å². The van der Waals surface area contributed by atoms with E-state index in [4.69, 9.17) is 4.74 Å². The standard InChI is InChI=1S/C25H25N3O4S/c1-15-12-19(16(2)33-15)23(29)14-28-21-7-5-4-6-20(21)27-25(31)22(28)13-24(30)26-17-8-10-18(32-3)11-9-17/h4-12,22H,13-14H2,1-3H3,(H,26,30)(H,27,31)/t22-/m1/s1. The molecular formula is C25H25N3O4S. The van der Waals surface area contributed by atoms with Crippen LogP contribution in [0.1, 0.15) is 26.5 Å². The zero-order valence-electron chi connectivity index (χ0n) is 18.7. The lowest BCUT2D eigenvalue weighted by Gasteiger charge is -2.37. The predicted octanol–water partition coefficient (Wildman–Crippen LogP) is 4.41. The Bertz CT molecular complexity index is 1200. The number of thiophene rings is 1. The van der Waals surface area contributed by atoms with Crippen molar-refractivity contribution in [3.8, 4) is 5.75 Å². The van der Waals surface area contributed by atoms with Gasteiger partial charge in [-0.2, -0.15) is 0 Å². The van der Waals surface area contributed by atoms with Crippen molar-refractivity contribution in [1.29, 1.82) is 0 Å². The highest BCUT2D eigenvalue weighted by atomic mass is 32.1. The molecule has 0 fully saturated rings. The molecule has 0 unspecified atom stereocenters. The van der Waals surface area contributed by atoms with E-state index >= 15 is 0 Å². The molecule has 0 aliphatic carbocycles. The lowest BCUT2D eigenvalue weighted by Crippen LogP contribution is -2.51. The number of aryl methyl sites for hydroxylation is 2. The molecule has 2 N–H and O–H groups in total. The molecule has 1 aromatic heterocycles. The van der Waals surface area contributed by atoms with Crippen LogP contribution in [0.25, 0.3) is 0 Å². The van der Waals surface area contributed by atoms with E-state index in [1.807, 2.05) is 38.1 Å². The van der Waals surface area contributed by atoms with Gasteiger partial charge < -0.3 is 20.3 Å². The van der Waals surface area contributed by atoms with Gasteiger partial charge in [-0.05, 0) is 56.3 Å². The molecule has 0 radical (unpaired) electrons. The lowest BCUT2D eigenvalue weighted by molar-refractivity contribution is -0.122. The van der Waals surface area contributed by atoms with E-state index in [0.29, 0.717) is 22.7 Å². The van der Waals surface area contributed by atoms with Crippen LogP contribution in [0.5, 0.6) is 5.75 Å². The lowest BCUT2D eigenvalue weighted by atomic mass is 10.0. The van der Waals surface area contributed by atoms with E-state index in [-0.39, 0.29) is 30.6 Å². The van der Waals surface area contributed by atoms with Gasteiger partial charge in [-0.3, -0.25) is 14.4 Å². The summed E-state index contributed by atoms with van der Waals surface area (Å²) < 4.78 is 5.14. The quantitative estimate of drug-likeness (QED) is 0.507. The largest absolute Gasteiger partial charge is 0.497 e. The van der Waals surface area contributed by atoms with Crippen molar-refractivity contribution >= 4 is 46.0 Å². The Kier molecular flexibility index (Phi) is 6.46. The topological polar surface area (TPSA) is 87.7 Å². The molecule has 0 spiro atoms. The molecule has 0 saturated heterocycles. The number of para-hydroxylation sites is 2. The van der Waals surface area contributed by atoms with Crippen LogP contribution in [0.3, 0.4) is 0 Å². The van der Waals surface area contributed by atoms with E-state index in [0.717, 1.165) is 15.4 Å². The van der Waals surface area contributed by atoms with Gasteiger partial charge in [-0.15, -0.1) is 11.3 Å². The highest BCUT2D eigenvalue weighted by Crippen LogP contribution is 2.33. The van der Waals surface area contributed by atoms with Gasteiger partial charge in [0.05, 0.1) is 31.5 Å². The second-order valence-electron chi connectivity index (χ2n) is 7.88. The number of rotatable bonds is 7. The molecule has 2 amide bonds. The Morgan fingerprint density at radius 3 is 2.52 bits per heavy atom. The molecule has 170 valence electrons. The average Bonchev–Trinajstić information content (AvgIpc) is 3.14. The first-order chi connectivity index (χ1) is 15.9.